The van der Waals surface area contributed by atoms with Crippen molar-refractivity contribution in [1.29, 1.82) is 0 Å². The molecule has 104 valence electrons. The summed E-state index contributed by atoms with van der Waals surface area (Å²) in [5.41, 5.74) is -1.46. The molecule has 0 aliphatic rings. The zero-order chi connectivity index (χ0) is 14.8. The molecule has 0 aromatic carbocycles. The lowest BCUT2D eigenvalue weighted by molar-refractivity contribution is -0.385. The number of hydrogen-bond donors (Lipinski definition) is 1. The van der Waals surface area contributed by atoms with Crippen molar-refractivity contribution < 1.29 is 14.8 Å². The number of hydrogen-bond acceptors (Lipinski definition) is 5. The number of carbonyl (C=O) groups is 1. The highest BCUT2D eigenvalue weighted by Crippen LogP contribution is 2.31. The van der Waals surface area contributed by atoms with E-state index in [-0.39, 0.29) is 16.5 Å². The molecule has 0 saturated heterocycles. The second-order valence-electron chi connectivity index (χ2n) is 4.36. The van der Waals surface area contributed by atoms with Gasteiger partial charge >= 0.3 is 5.97 Å². The smallest absolute Gasteiger partial charge is 0.328 e. The lowest BCUT2D eigenvalue weighted by Crippen LogP contribution is -2.50. The Morgan fingerprint density at radius 3 is 2.58 bits per heavy atom. The minimum Gasteiger partial charge on any atom is -0.480 e. The maximum absolute atomic E-state index is 11.3. The van der Waals surface area contributed by atoms with E-state index in [9.17, 15) is 20.0 Å². The number of halogens is 1. The molecule has 1 aromatic heterocycles. The maximum atomic E-state index is 11.3. The van der Waals surface area contributed by atoms with Crippen LogP contribution in [-0.2, 0) is 4.79 Å². The minimum absolute atomic E-state index is 0.0466. The summed E-state index contributed by atoms with van der Waals surface area (Å²) in [4.78, 5) is 26.6. The summed E-state index contributed by atoms with van der Waals surface area (Å²) < 4.78 is 0. The summed E-state index contributed by atoms with van der Waals surface area (Å²) in [7, 11) is 0. The quantitative estimate of drug-likeness (QED) is 0.659. The van der Waals surface area contributed by atoms with E-state index in [2.05, 4.69) is 4.98 Å². The van der Waals surface area contributed by atoms with Gasteiger partial charge in [0, 0.05) is 12.6 Å². The first kappa shape index (κ1) is 15.2. The van der Waals surface area contributed by atoms with Gasteiger partial charge in [0.25, 0.3) is 5.69 Å². The molecule has 0 aliphatic carbocycles. The van der Waals surface area contributed by atoms with Crippen LogP contribution in [0.1, 0.15) is 20.8 Å². The van der Waals surface area contributed by atoms with Crippen LogP contribution in [0.25, 0.3) is 0 Å². The van der Waals surface area contributed by atoms with Gasteiger partial charge < -0.3 is 10.0 Å². The molecule has 0 fully saturated rings. The first-order valence-electron chi connectivity index (χ1n) is 5.52. The van der Waals surface area contributed by atoms with Crippen LogP contribution in [0, 0.1) is 10.1 Å². The van der Waals surface area contributed by atoms with Crippen molar-refractivity contribution in [2.24, 2.45) is 0 Å². The van der Waals surface area contributed by atoms with Crippen molar-refractivity contribution in [1.82, 2.24) is 4.98 Å². The van der Waals surface area contributed by atoms with E-state index in [4.69, 9.17) is 11.6 Å². The lowest BCUT2D eigenvalue weighted by atomic mass is 10.0. The van der Waals surface area contributed by atoms with Crippen LogP contribution in [-0.4, -0.2) is 33.1 Å². The van der Waals surface area contributed by atoms with Crippen LogP contribution >= 0.6 is 11.6 Å². The Morgan fingerprint density at radius 1 is 1.63 bits per heavy atom. The fraction of sp³-hybridized carbons (Fsp3) is 0.455. The fourth-order valence-electron chi connectivity index (χ4n) is 1.64. The van der Waals surface area contributed by atoms with Crippen LogP contribution in [0.4, 0.5) is 11.5 Å². The second kappa shape index (κ2) is 5.40. The molecule has 0 saturated carbocycles. The van der Waals surface area contributed by atoms with Crippen LogP contribution in [0.5, 0.6) is 0 Å². The Bertz CT molecular complexity index is 519. The summed E-state index contributed by atoms with van der Waals surface area (Å²) >= 11 is 5.96. The predicted molar refractivity (Wildman–Crippen MR) is 70.6 cm³/mol. The highest BCUT2D eigenvalue weighted by Gasteiger charge is 2.35. The largest absolute Gasteiger partial charge is 0.480 e. The van der Waals surface area contributed by atoms with Crippen molar-refractivity contribution in [3.8, 4) is 0 Å². The van der Waals surface area contributed by atoms with Crippen molar-refractivity contribution in [2.45, 2.75) is 26.3 Å². The van der Waals surface area contributed by atoms with Crippen LogP contribution in [0.15, 0.2) is 12.3 Å². The molecule has 0 radical (unpaired) electrons. The van der Waals surface area contributed by atoms with Gasteiger partial charge in [0.05, 0.1) is 9.95 Å². The number of carboxylic acid groups (broad SMARTS) is 1. The topological polar surface area (TPSA) is 96.6 Å². The molecule has 8 heteroatoms. The van der Waals surface area contributed by atoms with Gasteiger partial charge in [-0.05, 0) is 20.8 Å². The van der Waals surface area contributed by atoms with E-state index in [0.29, 0.717) is 6.54 Å². The molecule has 7 nitrogen and oxygen atoms in total. The van der Waals surface area contributed by atoms with E-state index in [1.807, 2.05) is 0 Å². The molecule has 0 unspecified atom stereocenters. The predicted octanol–water partition coefficient (Wildman–Crippen LogP) is 2.33. The summed E-state index contributed by atoms with van der Waals surface area (Å²) in [6.45, 7) is 5.13. The van der Waals surface area contributed by atoms with Gasteiger partial charge in [-0.1, -0.05) is 11.6 Å². The van der Waals surface area contributed by atoms with E-state index < -0.39 is 16.4 Å². The number of carboxylic acids is 1. The maximum Gasteiger partial charge on any atom is 0.328 e. The van der Waals surface area contributed by atoms with E-state index in [1.54, 1.807) is 6.92 Å². The molecule has 0 atom stereocenters. The van der Waals surface area contributed by atoms with Gasteiger partial charge in [0.1, 0.15) is 17.6 Å². The van der Waals surface area contributed by atoms with E-state index in [1.165, 1.54) is 18.7 Å². The molecule has 1 aromatic rings. The van der Waals surface area contributed by atoms with Crippen LogP contribution in [0.3, 0.4) is 0 Å². The second-order valence-corrected chi connectivity index (χ2v) is 4.77. The zero-order valence-corrected chi connectivity index (χ0v) is 11.5. The van der Waals surface area contributed by atoms with Gasteiger partial charge in [0.2, 0.25) is 0 Å². The molecule has 19 heavy (non-hydrogen) atoms. The number of nitrogens with zero attached hydrogens (tertiary/aromatic N) is 3. The standard InChI is InChI=1S/C11H14ClN3O4/c1-4-14(11(2,3)10(16)17)9-8(12)5-7(6-13-9)15(18)19/h5-6H,4H2,1-3H3,(H,16,17). The fourth-order valence-corrected chi connectivity index (χ4v) is 1.91. The SMILES string of the molecule is CCN(c1ncc([N+](=O)[O-])cc1Cl)C(C)(C)C(=O)O. The first-order valence-corrected chi connectivity index (χ1v) is 5.90. The molecule has 1 rings (SSSR count). The number of nitro groups is 1. The first-order chi connectivity index (χ1) is 8.71. The number of rotatable bonds is 5. The summed E-state index contributed by atoms with van der Waals surface area (Å²) in [5.74, 6) is -0.826. The number of aromatic nitrogens is 1. The normalized spacial score (nSPS) is 11.2. The van der Waals surface area contributed by atoms with Crippen molar-refractivity contribution in [3.05, 3.63) is 27.4 Å². The van der Waals surface area contributed by atoms with Gasteiger partial charge in [0.15, 0.2) is 0 Å². The molecule has 1 heterocycles. The van der Waals surface area contributed by atoms with E-state index >= 15 is 0 Å². The third kappa shape index (κ3) is 2.93. The van der Waals surface area contributed by atoms with Gasteiger partial charge in [-0.3, -0.25) is 10.1 Å². The molecule has 0 amide bonds. The highest BCUT2D eigenvalue weighted by atomic mass is 35.5. The summed E-state index contributed by atoms with van der Waals surface area (Å²) in [6.07, 6.45) is 1.06. The molecule has 0 aliphatic heterocycles. The Hall–Kier alpha value is -1.89. The average molecular weight is 288 g/mol. The molecule has 0 spiro atoms. The third-order valence-corrected chi connectivity index (χ3v) is 3.07. The van der Waals surface area contributed by atoms with E-state index in [0.717, 1.165) is 12.3 Å². The van der Waals surface area contributed by atoms with Crippen LogP contribution < -0.4 is 4.90 Å². The van der Waals surface area contributed by atoms with Crippen molar-refractivity contribution >= 4 is 29.1 Å². The monoisotopic (exact) mass is 287 g/mol. The molecular formula is C11H14ClN3O4. The number of anilines is 1. The molecule has 0 bridgehead atoms. The van der Waals surface area contributed by atoms with Crippen LogP contribution in [0.2, 0.25) is 5.02 Å². The zero-order valence-electron chi connectivity index (χ0n) is 10.8. The number of aliphatic carboxylic acids is 1. The minimum atomic E-state index is -1.22. The van der Waals surface area contributed by atoms with Crippen molar-refractivity contribution in [2.75, 3.05) is 11.4 Å². The third-order valence-electron chi connectivity index (χ3n) is 2.79. The molecule has 1 N–H and O–H groups in total. The summed E-state index contributed by atoms with van der Waals surface area (Å²) in [6, 6.07) is 1.16. The van der Waals surface area contributed by atoms with Gasteiger partial charge in [-0.25, -0.2) is 9.78 Å². The summed E-state index contributed by atoms with van der Waals surface area (Å²) in [5, 5.41) is 19.9. The number of pyridine rings is 1. The van der Waals surface area contributed by atoms with Crippen molar-refractivity contribution in [3.63, 3.8) is 0 Å². The molecular weight excluding hydrogens is 274 g/mol. The number of likely N-dealkylation sites (N-methyl/N-ethyl adjacent to an activating group) is 1. The Kier molecular flexibility index (Phi) is 4.31. The van der Waals surface area contributed by atoms with Gasteiger partial charge in [-0.15, -0.1) is 0 Å². The Morgan fingerprint density at radius 2 is 2.21 bits per heavy atom. The average Bonchev–Trinajstić information content (AvgIpc) is 2.31. The Balaban J connectivity index is 3.27. The highest BCUT2D eigenvalue weighted by molar-refractivity contribution is 6.33. The van der Waals surface area contributed by atoms with Gasteiger partial charge in [-0.2, -0.15) is 0 Å². The lowest BCUT2D eigenvalue weighted by Gasteiger charge is -2.35. The Labute approximate surface area is 115 Å².